The van der Waals surface area contributed by atoms with Crippen LogP contribution < -0.4 is 10.0 Å². The largest absolute Gasteiger partial charge is 0.480 e. The van der Waals surface area contributed by atoms with Gasteiger partial charge in [0, 0.05) is 0 Å². The number of carbonyl (C=O) groups excluding carboxylic acids is 1. The lowest BCUT2D eigenvalue weighted by Gasteiger charge is -2.17. The van der Waals surface area contributed by atoms with Gasteiger partial charge in [-0.1, -0.05) is 44.2 Å². The number of benzene rings is 1. The smallest absolute Gasteiger partial charge is 0.329 e. The van der Waals surface area contributed by atoms with E-state index in [2.05, 4.69) is 5.32 Å². The van der Waals surface area contributed by atoms with Crippen LogP contribution in [0.2, 0.25) is 0 Å². The molecule has 1 aromatic carbocycles. The van der Waals surface area contributed by atoms with E-state index in [1.165, 1.54) is 6.08 Å². The van der Waals surface area contributed by atoms with Gasteiger partial charge in [-0.25, -0.2) is 22.7 Å². The van der Waals surface area contributed by atoms with Crippen LogP contribution in [0, 0.1) is 5.92 Å². The number of aliphatic carboxylic acids is 1. The van der Waals surface area contributed by atoms with E-state index in [1.54, 1.807) is 48.9 Å². The van der Waals surface area contributed by atoms with E-state index in [9.17, 15) is 18.0 Å². The summed E-state index contributed by atoms with van der Waals surface area (Å²) in [4.78, 5) is 22.5. The lowest BCUT2D eigenvalue weighted by Crippen LogP contribution is -2.49. The molecule has 0 aliphatic carbocycles. The fourth-order valence-corrected chi connectivity index (χ4v) is 2.30. The van der Waals surface area contributed by atoms with E-state index >= 15 is 0 Å². The Morgan fingerprint density at radius 3 is 2.27 bits per heavy atom. The normalized spacial score (nSPS) is 13.0. The van der Waals surface area contributed by atoms with Crippen molar-refractivity contribution in [2.24, 2.45) is 5.92 Å². The number of rotatable bonds is 6. The molecule has 120 valence electrons. The standard InChI is InChI=1S/C14H18N2O5S/c1-10(2)12(13(17)18)15-14(19)16-22(20,21)9-8-11-6-4-3-5-7-11/h3-10,12H,1-2H3,(H,17,18)(H2,15,16,19)/t12-/m0/s1. The average molecular weight is 326 g/mol. The van der Waals surface area contributed by atoms with Crippen molar-refractivity contribution in [3.8, 4) is 0 Å². The Bertz CT molecular complexity index is 653. The van der Waals surface area contributed by atoms with Gasteiger partial charge in [0.25, 0.3) is 10.0 Å². The minimum atomic E-state index is -4.01. The topological polar surface area (TPSA) is 113 Å². The molecule has 1 aromatic rings. The second kappa shape index (κ2) is 7.60. The molecular formula is C14H18N2O5S. The SMILES string of the molecule is CC(C)[C@H](NC(=O)NS(=O)(=O)C=Cc1ccccc1)C(=O)O. The van der Waals surface area contributed by atoms with E-state index in [0.717, 1.165) is 5.41 Å². The van der Waals surface area contributed by atoms with Gasteiger partial charge in [0.15, 0.2) is 0 Å². The van der Waals surface area contributed by atoms with Crippen LogP contribution in [-0.2, 0) is 14.8 Å². The lowest BCUT2D eigenvalue weighted by molar-refractivity contribution is -0.140. The number of amides is 2. The first-order valence-corrected chi connectivity index (χ1v) is 8.05. The summed E-state index contributed by atoms with van der Waals surface area (Å²) in [5, 5.41) is 11.9. The van der Waals surface area contributed by atoms with Crippen molar-refractivity contribution in [2.75, 3.05) is 0 Å². The molecule has 2 amide bonds. The second-order valence-corrected chi connectivity index (χ2v) is 6.46. The van der Waals surface area contributed by atoms with E-state index in [1.807, 2.05) is 0 Å². The number of hydrogen-bond acceptors (Lipinski definition) is 4. The predicted molar refractivity (Wildman–Crippen MR) is 82.3 cm³/mol. The van der Waals surface area contributed by atoms with Crippen LogP contribution in [0.3, 0.4) is 0 Å². The van der Waals surface area contributed by atoms with Gasteiger partial charge in [0.05, 0.1) is 5.41 Å². The van der Waals surface area contributed by atoms with Gasteiger partial charge in [-0.3, -0.25) is 0 Å². The summed E-state index contributed by atoms with van der Waals surface area (Å²) in [6, 6.07) is 6.41. The molecule has 0 radical (unpaired) electrons. The van der Waals surface area contributed by atoms with Crippen molar-refractivity contribution in [1.82, 2.24) is 10.0 Å². The molecular weight excluding hydrogens is 308 g/mol. The molecule has 0 bridgehead atoms. The third kappa shape index (κ3) is 5.96. The van der Waals surface area contributed by atoms with Crippen molar-refractivity contribution < 1.29 is 23.1 Å². The molecule has 3 N–H and O–H groups in total. The molecule has 0 fully saturated rings. The average Bonchev–Trinajstić information content (AvgIpc) is 2.43. The maximum Gasteiger partial charge on any atom is 0.329 e. The fourth-order valence-electron chi connectivity index (χ4n) is 1.58. The van der Waals surface area contributed by atoms with Gasteiger partial charge in [-0.15, -0.1) is 0 Å². The summed E-state index contributed by atoms with van der Waals surface area (Å²) < 4.78 is 25.2. The molecule has 1 atom stereocenters. The molecule has 0 saturated carbocycles. The number of urea groups is 1. The summed E-state index contributed by atoms with van der Waals surface area (Å²) >= 11 is 0. The summed E-state index contributed by atoms with van der Waals surface area (Å²) in [6.45, 7) is 3.20. The highest BCUT2D eigenvalue weighted by atomic mass is 32.2. The quantitative estimate of drug-likeness (QED) is 0.731. The molecule has 1 rings (SSSR count). The highest BCUT2D eigenvalue weighted by Crippen LogP contribution is 2.04. The maximum atomic E-state index is 11.7. The fraction of sp³-hybridized carbons (Fsp3) is 0.286. The van der Waals surface area contributed by atoms with Crippen LogP contribution >= 0.6 is 0 Å². The highest BCUT2D eigenvalue weighted by Gasteiger charge is 2.24. The van der Waals surface area contributed by atoms with Gasteiger partial charge >= 0.3 is 12.0 Å². The summed E-state index contributed by atoms with van der Waals surface area (Å²) in [5.74, 6) is -1.62. The molecule has 0 aliphatic heterocycles. The van der Waals surface area contributed by atoms with Gasteiger partial charge in [0.1, 0.15) is 6.04 Å². The molecule has 7 nitrogen and oxygen atoms in total. The number of carboxylic acid groups (broad SMARTS) is 1. The molecule has 0 heterocycles. The monoisotopic (exact) mass is 326 g/mol. The van der Waals surface area contributed by atoms with Crippen LogP contribution in [0.4, 0.5) is 4.79 Å². The van der Waals surface area contributed by atoms with Crippen molar-refractivity contribution in [3.63, 3.8) is 0 Å². The predicted octanol–water partition coefficient (Wildman–Crippen LogP) is 1.40. The van der Waals surface area contributed by atoms with Crippen LogP contribution in [0.25, 0.3) is 6.08 Å². The summed E-state index contributed by atoms with van der Waals surface area (Å²) in [6.07, 6.45) is 1.33. The third-order valence-corrected chi connectivity index (χ3v) is 3.66. The van der Waals surface area contributed by atoms with Crippen molar-refractivity contribution in [1.29, 1.82) is 0 Å². The summed E-state index contributed by atoms with van der Waals surface area (Å²) in [5.41, 5.74) is 0.652. The van der Waals surface area contributed by atoms with Crippen molar-refractivity contribution >= 4 is 28.1 Å². The lowest BCUT2D eigenvalue weighted by atomic mass is 10.1. The van der Waals surface area contributed by atoms with Gasteiger partial charge < -0.3 is 10.4 Å². The van der Waals surface area contributed by atoms with Gasteiger partial charge in [-0.2, -0.15) is 0 Å². The van der Waals surface area contributed by atoms with Crippen LogP contribution in [-0.4, -0.2) is 31.6 Å². The molecule has 8 heteroatoms. The van der Waals surface area contributed by atoms with Crippen LogP contribution in [0.5, 0.6) is 0 Å². The minimum absolute atomic E-state index is 0.384. The molecule has 0 aliphatic rings. The van der Waals surface area contributed by atoms with E-state index < -0.39 is 28.1 Å². The van der Waals surface area contributed by atoms with Gasteiger partial charge in [-0.05, 0) is 17.6 Å². The second-order valence-electron chi connectivity index (χ2n) is 4.89. The Morgan fingerprint density at radius 1 is 1.18 bits per heavy atom. The van der Waals surface area contributed by atoms with Gasteiger partial charge in [0.2, 0.25) is 0 Å². The Labute approximate surface area is 129 Å². The highest BCUT2D eigenvalue weighted by molar-refractivity contribution is 7.93. The molecule has 22 heavy (non-hydrogen) atoms. The van der Waals surface area contributed by atoms with E-state index in [0.29, 0.717) is 5.56 Å². The number of hydrogen-bond donors (Lipinski definition) is 3. The zero-order valence-electron chi connectivity index (χ0n) is 12.2. The zero-order valence-corrected chi connectivity index (χ0v) is 13.0. The molecule has 0 spiro atoms. The minimum Gasteiger partial charge on any atom is -0.480 e. The Hall–Kier alpha value is -2.35. The third-order valence-electron chi connectivity index (χ3n) is 2.69. The summed E-state index contributed by atoms with van der Waals surface area (Å²) in [7, 11) is -4.01. The zero-order chi connectivity index (χ0) is 16.8. The number of carboxylic acids is 1. The number of nitrogens with one attached hydrogen (secondary N) is 2. The van der Waals surface area contributed by atoms with E-state index in [-0.39, 0.29) is 5.92 Å². The maximum absolute atomic E-state index is 11.7. The Morgan fingerprint density at radius 2 is 1.77 bits per heavy atom. The molecule has 0 aromatic heterocycles. The van der Waals surface area contributed by atoms with Crippen LogP contribution in [0.15, 0.2) is 35.7 Å². The van der Waals surface area contributed by atoms with Crippen LogP contribution in [0.1, 0.15) is 19.4 Å². The Balaban J connectivity index is 2.70. The Kier molecular flexibility index (Phi) is 6.11. The number of sulfonamides is 1. The first-order valence-electron chi connectivity index (χ1n) is 6.50. The first kappa shape index (κ1) is 17.7. The molecule has 0 saturated heterocycles. The van der Waals surface area contributed by atoms with Crippen molar-refractivity contribution in [3.05, 3.63) is 41.3 Å². The van der Waals surface area contributed by atoms with Crippen molar-refractivity contribution in [2.45, 2.75) is 19.9 Å². The first-order chi connectivity index (χ1) is 10.2. The van der Waals surface area contributed by atoms with E-state index in [4.69, 9.17) is 5.11 Å². The number of carbonyl (C=O) groups is 2. The molecule has 0 unspecified atom stereocenters.